The molecule has 5 nitrogen and oxygen atoms in total. The zero-order chi connectivity index (χ0) is 19.3. The second-order valence-electron chi connectivity index (χ2n) is 6.17. The van der Waals surface area contributed by atoms with E-state index in [4.69, 9.17) is 0 Å². The third-order valence-electron chi connectivity index (χ3n) is 4.46. The van der Waals surface area contributed by atoms with Crippen LogP contribution in [0.3, 0.4) is 0 Å². The van der Waals surface area contributed by atoms with Crippen molar-refractivity contribution in [1.82, 2.24) is 5.32 Å². The van der Waals surface area contributed by atoms with Gasteiger partial charge in [0.15, 0.2) is 17.4 Å². The SMILES string of the molecule is CCCCNC1=C(F)C(O)(F)C2=C(C(=O)c3ccccc3C2=O)C1(O)F. The highest BCUT2D eigenvalue weighted by Gasteiger charge is 2.61. The summed E-state index contributed by atoms with van der Waals surface area (Å²) in [6, 6.07) is 5.14. The number of rotatable bonds is 4. The van der Waals surface area contributed by atoms with Gasteiger partial charge in [0.05, 0.1) is 11.1 Å². The predicted molar refractivity (Wildman–Crippen MR) is 85.3 cm³/mol. The third-order valence-corrected chi connectivity index (χ3v) is 4.46. The molecule has 26 heavy (non-hydrogen) atoms. The number of hydrogen-bond donors (Lipinski definition) is 3. The number of fused-ring (bicyclic) bond motifs is 1. The van der Waals surface area contributed by atoms with Crippen LogP contribution < -0.4 is 5.32 Å². The number of nitrogens with one attached hydrogen (secondary N) is 1. The Balaban J connectivity index is 2.21. The van der Waals surface area contributed by atoms with Crippen molar-refractivity contribution in [1.29, 1.82) is 0 Å². The smallest absolute Gasteiger partial charge is 0.292 e. The first-order valence-electron chi connectivity index (χ1n) is 8.06. The quantitative estimate of drug-likeness (QED) is 0.711. The molecule has 138 valence electrons. The normalized spacial score (nSPS) is 28.2. The molecule has 0 amide bonds. The molecule has 8 heteroatoms. The van der Waals surface area contributed by atoms with E-state index in [1.807, 2.05) is 0 Å². The van der Waals surface area contributed by atoms with Crippen LogP contribution in [0.2, 0.25) is 0 Å². The van der Waals surface area contributed by atoms with E-state index in [-0.39, 0.29) is 17.7 Å². The molecule has 0 spiro atoms. The topological polar surface area (TPSA) is 86.6 Å². The molecule has 0 aromatic heterocycles. The lowest BCUT2D eigenvalue weighted by Gasteiger charge is -2.38. The van der Waals surface area contributed by atoms with Crippen molar-refractivity contribution in [3.05, 3.63) is 58.1 Å². The van der Waals surface area contributed by atoms with Crippen molar-refractivity contribution in [2.45, 2.75) is 31.5 Å². The van der Waals surface area contributed by atoms with Gasteiger partial charge in [-0.1, -0.05) is 37.6 Å². The van der Waals surface area contributed by atoms with Crippen molar-refractivity contribution in [3.8, 4) is 0 Å². The maximum atomic E-state index is 15.1. The van der Waals surface area contributed by atoms with Gasteiger partial charge in [-0.25, -0.2) is 4.39 Å². The van der Waals surface area contributed by atoms with Crippen molar-refractivity contribution in [2.24, 2.45) is 0 Å². The lowest BCUT2D eigenvalue weighted by atomic mass is 9.74. The largest absolute Gasteiger partial charge is 0.381 e. The van der Waals surface area contributed by atoms with Crippen molar-refractivity contribution in [2.75, 3.05) is 6.54 Å². The zero-order valence-corrected chi connectivity index (χ0v) is 13.8. The number of alkyl halides is 2. The minimum Gasteiger partial charge on any atom is -0.381 e. The predicted octanol–water partition coefficient (Wildman–Crippen LogP) is 2.26. The highest BCUT2D eigenvalue weighted by Crippen LogP contribution is 2.49. The summed E-state index contributed by atoms with van der Waals surface area (Å²) in [5.41, 5.74) is -4.64. The maximum absolute atomic E-state index is 15.1. The summed E-state index contributed by atoms with van der Waals surface area (Å²) in [5.74, 6) is -12.4. The molecular weight excluding hydrogens is 351 g/mol. The number of benzene rings is 1. The summed E-state index contributed by atoms with van der Waals surface area (Å²) in [5, 5.41) is 22.4. The van der Waals surface area contributed by atoms with Crippen LogP contribution >= 0.6 is 0 Å². The molecule has 1 aromatic carbocycles. The van der Waals surface area contributed by atoms with E-state index in [1.165, 1.54) is 24.3 Å². The van der Waals surface area contributed by atoms with E-state index in [0.29, 0.717) is 12.8 Å². The standard InChI is InChI=1S/C18H16F3NO4/c1-2-3-8-22-16-15(19)17(20,25)11-12(18(16,21)26)14(24)10-7-5-4-6-9(10)13(11)23/h4-7,22,25-26H,2-3,8H2,1H3. The van der Waals surface area contributed by atoms with Crippen LogP contribution in [-0.2, 0) is 0 Å². The second kappa shape index (κ2) is 6.07. The number of halogens is 3. The number of carbonyl (C=O) groups excluding carboxylic acids is 2. The molecule has 0 aliphatic heterocycles. The Labute approximate surface area is 146 Å². The van der Waals surface area contributed by atoms with Crippen LogP contribution in [0.4, 0.5) is 13.2 Å². The second-order valence-corrected chi connectivity index (χ2v) is 6.17. The first kappa shape index (κ1) is 18.3. The molecule has 0 bridgehead atoms. The summed E-state index contributed by atoms with van der Waals surface area (Å²) in [6.45, 7) is 1.75. The zero-order valence-electron chi connectivity index (χ0n) is 13.8. The summed E-state index contributed by atoms with van der Waals surface area (Å²) >= 11 is 0. The molecule has 0 saturated heterocycles. The first-order chi connectivity index (χ1) is 12.2. The molecule has 0 heterocycles. The fourth-order valence-corrected chi connectivity index (χ4v) is 3.14. The Bertz CT molecular complexity index is 871. The van der Waals surface area contributed by atoms with Crippen LogP contribution in [0.15, 0.2) is 46.9 Å². The lowest BCUT2D eigenvalue weighted by molar-refractivity contribution is -0.0755. The summed E-state index contributed by atoms with van der Waals surface area (Å²) < 4.78 is 44.4. The van der Waals surface area contributed by atoms with Gasteiger partial charge in [-0.3, -0.25) is 9.59 Å². The minimum atomic E-state index is -4.04. The van der Waals surface area contributed by atoms with E-state index in [0.717, 1.165) is 0 Å². The number of unbranched alkanes of at least 4 members (excludes halogenated alkanes) is 1. The van der Waals surface area contributed by atoms with Gasteiger partial charge in [-0.2, -0.15) is 8.78 Å². The number of carbonyl (C=O) groups is 2. The van der Waals surface area contributed by atoms with Crippen molar-refractivity contribution < 1.29 is 33.0 Å². The Hall–Kier alpha value is -2.45. The average molecular weight is 367 g/mol. The Morgan fingerprint density at radius 1 is 1.00 bits per heavy atom. The molecule has 0 radical (unpaired) electrons. The van der Waals surface area contributed by atoms with Crippen molar-refractivity contribution in [3.63, 3.8) is 0 Å². The lowest BCUT2D eigenvalue weighted by Crippen LogP contribution is -2.52. The number of aliphatic hydroxyl groups is 2. The number of ketones is 2. The van der Waals surface area contributed by atoms with Gasteiger partial charge < -0.3 is 15.5 Å². The van der Waals surface area contributed by atoms with E-state index >= 15 is 4.39 Å². The fourth-order valence-electron chi connectivity index (χ4n) is 3.14. The average Bonchev–Trinajstić information content (AvgIpc) is 2.59. The fraction of sp³-hybridized carbons (Fsp3) is 0.333. The van der Waals surface area contributed by atoms with Gasteiger partial charge in [-0.15, -0.1) is 0 Å². The molecule has 2 unspecified atom stereocenters. The van der Waals surface area contributed by atoms with E-state index in [2.05, 4.69) is 5.32 Å². The molecular formula is C18H16F3NO4. The molecule has 2 atom stereocenters. The molecule has 0 fully saturated rings. The van der Waals surface area contributed by atoms with E-state index in [9.17, 15) is 28.6 Å². The highest BCUT2D eigenvalue weighted by molar-refractivity contribution is 6.28. The van der Waals surface area contributed by atoms with Gasteiger partial charge in [0.2, 0.25) is 0 Å². The maximum Gasteiger partial charge on any atom is 0.292 e. The summed E-state index contributed by atoms with van der Waals surface area (Å²) in [7, 11) is 0. The molecule has 1 aromatic rings. The Morgan fingerprint density at radius 2 is 1.50 bits per heavy atom. The van der Waals surface area contributed by atoms with Crippen LogP contribution in [0, 0.1) is 0 Å². The van der Waals surface area contributed by atoms with Gasteiger partial charge in [-0.05, 0) is 6.42 Å². The van der Waals surface area contributed by atoms with E-state index in [1.54, 1.807) is 6.92 Å². The van der Waals surface area contributed by atoms with Crippen LogP contribution in [0.5, 0.6) is 0 Å². The number of Topliss-reactive ketones (excluding diaryl/α,β-unsaturated/α-hetero) is 2. The van der Waals surface area contributed by atoms with Gasteiger partial charge in [0.1, 0.15) is 5.70 Å². The Kier molecular flexibility index (Phi) is 4.28. The van der Waals surface area contributed by atoms with Gasteiger partial charge in [0, 0.05) is 17.7 Å². The molecule has 3 N–H and O–H groups in total. The van der Waals surface area contributed by atoms with Gasteiger partial charge >= 0.3 is 0 Å². The van der Waals surface area contributed by atoms with Crippen LogP contribution in [0.25, 0.3) is 0 Å². The van der Waals surface area contributed by atoms with E-state index < -0.39 is 45.9 Å². The van der Waals surface area contributed by atoms with Crippen LogP contribution in [-0.4, -0.2) is 40.0 Å². The third kappa shape index (κ3) is 2.40. The monoisotopic (exact) mass is 367 g/mol. The molecule has 2 aliphatic rings. The molecule has 3 rings (SSSR count). The molecule has 2 aliphatic carbocycles. The highest BCUT2D eigenvalue weighted by atomic mass is 19.2. The summed E-state index contributed by atoms with van der Waals surface area (Å²) in [6.07, 6.45) is 1.06. The summed E-state index contributed by atoms with van der Waals surface area (Å²) in [4.78, 5) is 25.1. The Morgan fingerprint density at radius 3 is 2.00 bits per heavy atom. The van der Waals surface area contributed by atoms with Crippen LogP contribution in [0.1, 0.15) is 40.5 Å². The number of hydrogen-bond acceptors (Lipinski definition) is 5. The minimum absolute atomic E-state index is 0.0388. The van der Waals surface area contributed by atoms with Crippen molar-refractivity contribution >= 4 is 11.6 Å². The first-order valence-corrected chi connectivity index (χ1v) is 8.06. The van der Waals surface area contributed by atoms with Gasteiger partial charge in [0.25, 0.3) is 11.7 Å². The molecule has 0 saturated carbocycles.